The van der Waals surface area contributed by atoms with Crippen molar-refractivity contribution in [1.82, 2.24) is 10.3 Å². The van der Waals surface area contributed by atoms with Gasteiger partial charge in [-0.05, 0) is 24.6 Å². The van der Waals surface area contributed by atoms with Crippen molar-refractivity contribution in [2.75, 3.05) is 6.54 Å². The van der Waals surface area contributed by atoms with Gasteiger partial charge in [-0.25, -0.2) is 0 Å². The Labute approximate surface area is 128 Å². The SMILES string of the molecule is CCc1ccc(CNC(=O)c2ccncc2C#CCN)s1. The highest BCUT2D eigenvalue weighted by Crippen LogP contribution is 2.16. The molecule has 0 radical (unpaired) electrons. The van der Waals surface area contributed by atoms with E-state index in [-0.39, 0.29) is 12.5 Å². The Bertz CT molecular complexity index is 682. The molecule has 2 rings (SSSR count). The zero-order valence-electron chi connectivity index (χ0n) is 11.8. The van der Waals surface area contributed by atoms with Crippen molar-refractivity contribution in [3.8, 4) is 11.8 Å². The first-order valence-corrected chi connectivity index (χ1v) is 7.55. The highest BCUT2D eigenvalue weighted by atomic mass is 32.1. The van der Waals surface area contributed by atoms with Gasteiger partial charge in [0.15, 0.2) is 0 Å². The second-order valence-electron chi connectivity index (χ2n) is 4.33. The van der Waals surface area contributed by atoms with Crippen LogP contribution >= 0.6 is 11.3 Å². The van der Waals surface area contributed by atoms with Gasteiger partial charge in [-0.15, -0.1) is 11.3 Å². The summed E-state index contributed by atoms with van der Waals surface area (Å²) in [6, 6.07) is 5.81. The lowest BCUT2D eigenvalue weighted by molar-refractivity contribution is 0.0951. The number of hydrogen-bond acceptors (Lipinski definition) is 4. The molecule has 3 N–H and O–H groups in total. The first-order valence-electron chi connectivity index (χ1n) is 6.73. The van der Waals surface area contributed by atoms with Crippen LogP contribution in [0.5, 0.6) is 0 Å². The van der Waals surface area contributed by atoms with Gasteiger partial charge in [0, 0.05) is 22.1 Å². The average molecular weight is 299 g/mol. The zero-order chi connectivity index (χ0) is 15.1. The van der Waals surface area contributed by atoms with Crippen molar-refractivity contribution < 1.29 is 4.79 Å². The molecule has 2 heterocycles. The third-order valence-electron chi connectivity index (χ3n) is 2.88. The minimum absolute atomic E-state index is 0.148. The van der Waals surface area contributed by atoms with Gasteiger partial charge in [0.1, 0.15) is 0 Å². The first kappa shape index (κ1) is 15.2. The normalized spacial score (nSPS) is 9.81. The maximum atomic E-state index is 12.2. The van der Waals surface area contributed by atoms with Crippen LogP contribution in [0.2, 0.25) is 0 Å². The molecule has 0 saturated carbocycles. The highest BCUT2D eigenvalue weighted by molar-refractivity contribution is 7.11. The molecule has 0 saturated heterocycles. The minimum Gasteiger partial charge on any atom is -0.347 e. The van der Waals surface area contributed by atoms with Crippen LogP contribution in [0.1, 0.15) is 32.6 Å². The van der Waals surface area contributed by atoms with E-state index in [9.17, 15) is 4.79 Å². The molecule has 0 aliphatic rings. The van der Waals surface area contributed by atoms with E-state index < -0.39 is 0 Å². The van der Waals surface area contributed by atoms with Crippen LogP contribution in [0.15, 0.2) is 30.6 Å². The van der Waals surface area contributed by atoms with Crippen LogP contribution in [-0.2, 0) is 13.0 Å². The fourth-order valence-corrected chi connectivity index (χ4v) is 2.71. The van der Waals surface area contributed by atoms with E-state index in [0.717, 1.165) is 11.3 Å². The molecule has 21 heavy (non-hydrogen) atoms. The summed E-state index contributed by atoms with van der Waals surface area (Å²) in [5.74, 6) is 5.47. The number of hydrogen-bond donors (Lipinski definition) is 2. The second kappa shape index (κ2) is 7.58. The molecule has 0 unspecified atom stereocenters. The Kier molecular flexibility index (Phi) is 5.50. The topological polar surface area (TPSA) is 68.0 Å². The van der Waals surface area contributed by atoms with Crippen LogP contribution in [0.25, 0.3) is 0 Å². The lowest BCUT2D eigenvalue weighted by Crippen LogP contribution is -2.23. The number of aromatic nitrogens is 1. The number of rotatable bonds is 4. The molecule has 0 bridgehead atoms. The molecule has 108 valence electrons. The van der Waals surface area contributed by atoms with Gasteiger partial charge in [-0.2, -0.15) is 0 Å². The number of pyridine rings is 1. The summed E-state index contributed by atoms with van der Waals surface area (Å²) in [6.07, 6.45) is 4.18. The summed E-state index contributed by atoms with van der Waals surface area (Å²) in [4.78, 5) is 18.7. The van der Waals surface area contributed by atoms with Crippen LogP contribution in [0, 0.1) is 11.8 Å². The summed E-state index contributed by atoms with van der Waals surface area (Å²) in [7, 11) is 0. The number of aryl methyl sites for hydroxylation is 1. The van der Waals surface area contributed by atoms with Crippen molar-refractivity contribution in [1.29, 1.82) is 0 Å². The summed E-state index contributed by atoms with van der Waals surface area (Å²) in [6.45, 7) is 2.90. The Balaban J connectivity index is 2.06. The van der Waals surface area contributed by atoms with Gasteiger partial charge in [0.2, 0.25) is 0 Å². The van der Waals surface area contributed by atoms with E-state index in [4.69, 9.17) is 5.73 Å². The molecule has 0 fully saturated rings. The lowest BCUT2D eigenvalue weighted by Gasteiger charge is -2.05. The molecule has 0 aliphatic carbocycles. The first-order chi connectivity index (χ1) is 10.2. The summed E-state index contributed by atoms with van der Waals surface area (Å²) < 4.78 is 0. The van der Waals surface area contributed by atoms with Gasteiger partial charge in [-0.3, -0.25) is 9.78 Å². The molecular formula is C16H17N3OS. The van der Waals surface area contributed by atoms with Crippen molar-refractivity contribution in [2.24, 2.45) is 5.73 Å². The Morgan fingerprint density at radius 2 is 2.19 bits per heavy atom. The summed E-state index contributed by atoms with van der Waals surface area (Å²) in [5, 5.41) is 2.91. The van der Waals surface area contributed by atoms with E-state index in [1.54, 1.807) is 29.8 Å². The van der Waals surface area contributed by atoms with E-state index in [2.05, 4.69) is 35.1 Å². The van der Waals surface area contributed by atoms with Gasteiger partial charge in [-0.1, -0.05) is 18.8 Å². The standard InChI is InChI=1S/C16H17N3OS/c1-2-13-5-6-14(21-13)11-19-16(20)15-7-9-18-10-12(15)4-3-8-17/h5-7,9-10H,2,8,11,17H2,1H3,(H,19,20). The molecule has 5 heteroatoms. The smallest absolute Gasteiger partial charge is 0.252 e. The van der Waals surface area contributed by atoms with Gasteiger partial charge < -0.3 is 11.1 Å². The largest absolute Gasteiger partial charge is 0.347 e. The third-order valence-corrected chi connectivity index (χ3v) is 4.11. The van der Waals surface area contributed by atoms with Crippen LogP contribution in [0.3, 0.4) is 0 Å². The highest BCUT2D eigenvalue weighted by Gasteiger charge is 2.10. The molecule has 0 spiro atoms. The van der Waals surface area contributed by atoms with E-state index >= 15 is 0 Å². The minimum atomic E-state index is -0.148. The number of carbonyl (C=O) groups is 1. The van der Waals surface area contributed by atoms with Crippen molar-refractivity contribution in [3.05, 3.63) is 51.5 Å². The molecule has 0 atom stereocenters. The third kappa shape index (κ3) is 4.15. The quantitative estimate of drug-likeness (QED) is 0.848. The molecule has 0 aromatic carbocycles. The van der Waals surface area contributed by atoms with E-state index in [1.807, 2.05) is 6.07 Å². The number of nitrogens with two attached hydrogens (primary N) is 1. The van der Waals surface area contributed by atoms with E-state index in [0.29, 0.717) is 17.7 Å². The predicted molar refractivity (Wildman–Crippen MR) is 85.0 cm³/mol. The van der Waals surface area contributed by atoms with Crippen LogP contribution in [-0.4, -0.2) is 17.4 Å². The number of carbonyl (C=O) groups excluding carboxylic acids is 1. The lowest BCUT2D eigenvalue weighted by atomic mass is 10.1. The van der Waals surface area contributed by atoms with Gasteiger partial charge in [0.25, 0.3) is 5.91 Å². The molecular weight excluding hydrogens is 282 g/mol. The second-order valence-corrected chi connectivity index (χ2v) is 5.58. The maximum Gasteiger partial charge on any atom is 0.252 e. The Morgan fingerprint density at radius 3 is 2.90 bits per heavy atom. The van der Waals surface area contributed by atoms with Gasteiger partial charge in [0.05, 0.1) is 24.2 Å². The van der Waals surface area contributed by atoms with Gasteiger partial charge >= 0.3 is 0 Å². The van der Waals surface area contributed by atoms with Crippen molar-refractivity contribution in [3.63, 3.8) is 0 Å². The zero-order valence-corrected chi connectivity index (χ0v) is 12.7. The van der Waals surface area contributed by atoms with Crippen LogP contribution < -0.4 is 11.1 Å². The van der Waals surface area contributed by atoms with Crippen molar-refractivity contribution in [2.45, 2.75) is 19.9 Å². The van der Waals surface area contributed by atoms with Crippen molar-refractivity contribution >= 4 is 17.2 Å². The molecule has 4 nitrogen and oxygen atoms in total. The number of nitrogens with zero attached hydrogens (tertiary/aromatic N) is 1. The summed E-state index contributed by atoms with van der Waals surface area (Å²) in [5.41, 5.74) is 6.48. The monoisotopic (exact) mass is 299 g/mol. The summed E-state index contributed by atoms with van der Waals surface area (Å²) >= 11 is 1.72. The average Bonchev–Trinajstić information content (AvgIpc) is 2.99. The number of nitrogens with one attached hydrogen (secondary N) is 1. The fraction of sp³-hybridized carbons (Fsp3) is 0.250. The van der Waals surface area contributed by atoms with E-state index in [1.165, 1.54) is 4.88 Å². The molecule has 0 aliphatic heterocycles. The Hall–Kier alpha value is -2.16. The predicted octanol–water partition coefficient (Wildman–Crippen LogP) is 1.95. The number of amides is 1. The molecule has 1 amide bonds. The maximum absolute atomic E-state index is 12.2. The molecule has 2 aromatic heterocycles. The Morgan fingerprint density at radius 1 is 1.38 bits per heavy atom. The molecule has 2 aromatic rings. The van der Waals surface area contributed by atoms with Crippen LogP contribution in [0.4, 0.5) is 0 Å². The fourth-order valence-electron chi connectivity index (χ4n) is 1.81. The number of thiophene rings is 1.